The highest BCUT2D eigenvalue weighted by Crippen LogP contribution is 2.27. The highest BCUT2D eigenvalue weighted by Gasteiger charge is 2.44. The number of imide groups is 1. The molecular formula is C20H21N3O3. The van der Waals surface area contributed by atoms with E-state index in [2.05, 4.69) is 4.98 Å². The molecule has 0 aliphatic carbocycles. The van der Waals surface area contributed by atoms with E-state index in [0.717, 1.165) is 5.56 Å². The predicted molar refractivity (Wildman–Crippen MR) is 97.0 cm³/mol. The van der Waals surface area contributed by atoms with Crippen molar-refractivity contribution in [3.63, 3.8) is 0 Å². The molecule has 1 unspecified atom stereocenters. The molecule has 6 nitrogen and oxygen atoms in total. The van der Waals surface area contributed by atoms with Crippen LogP contribution in [0.5, 0.6) is 0 Å². The lowest BCUT2D eigenvalue weighted by Crippen LogP contribution is -2.45. The van der Waals surface area contributed by atoms with Crippen molar-refractivity contribution in [2.24, 2.45) is 0 Å². The summed E-state index contributed by atoms with van der Waals surface area (Å²) in [7, 11) is 0. The topological polar surface area (TPSA) is 70.6 Å². The van der Waals surface area contributed by atoms with Crippen LogP contribution in [0, 0.1) is 0 Å². The number of carbonyl (C=O) groups excluding carboxylic acids is 3. The Labute approximate surface area is 152 Å². The van der Waals surface area contributed by atoms with E-state index in [1.807, 2.05) is 19.1 Å². The molecule has 0 saturated carbocycles. The summed E-state index contributed by atoms with van der Waals surface area (Å²) in [5.74, 6) is -0.765. The van der Waals surface area contributed by atoms with Crippen LogP contribution in [0.25, 0.3) is 0 Å². The molecule has 2 heterocycles. The van der Waals surface area contributed by atoms with E-state index in [1.54, 1.807) is 42.7 Å². The van der Waals surface area contributed by atoms with Gasteiger partial charge in [-0.25, -0.2) is 4.90 Å². The van der Waals surface area contributed by atoms with Crippen LogP contribution in [0.3, 0.4) is 0 Å². The van der Waals surface area contributed by atoms with E-state index in [0.29, 0.717) is 18.5 Å². The van der Waals surface area contributed by atoms with Crippen molar-refractivity contribution in [3.05, 3.63) is 60.4 Å². The summed E-state index contributed by atoms with van der Waals surface area (Å²) in [4.78, 5) is 44.9. The molecular weight excluding hydrogens is 330 g/mol. The number of aromatic nitrogens is 1. The third-order valence-electron chi connectivity index (χ3n) is 4.37. The summed E-state index contributed by atoms with van der Waals surface area (Å²) in [6, 6.07) is 11.7. The molecule has 1 aromatic carbocycles. The van der Waals surface area contributed by atoms with Crippen LogP contribution in [-0.4, -0.2) is 33.6 Å². The fourth-order valence-corrected chi connectivity index (χ4v) is 3.13. The van der Waals surface area contributed by atoms with Gasteiger partial charge in [-0.1, -0.05) is 31.2 Å². The molecule has 0 radical (unpaired) electrons. The quantitative estimate of drug-likeness (QED) is 0.750. The van der Waals surface area contributed by atoms with E-state index >= 15 is 0 Å². The average Bonchev–Trinajstić information content (AvgIpc) is 2.95. The maximum absolute atomic E-state index is 13.0. The Morgan fingerprint density at radius 3 is 2.62 bits per heavy atom. The van der Waals surface area contributed by atoms with Crippen LogP contribution in [0.4, 0.5) is 5.69 Å². The van der Waals surface area contributed by atoms with Crippen LogP contribution < -0.4 is 4.90 Å². The number of pyridine rings is 1. The van der Waals surface area contributed by atoms with Gasteiger partial charge in [0.15, 0.2) is 0 Å². The summed E-state index contributed by atoms with van der Waals surface area (Å²) in [6.07, 6.45) is 4.35. The second kappa shape index (κ2) is 7.91. The first-order valence-corrected chi connectivity index (χ1v) is 8.72. The lowest BCUT2D eigenvalue weighted by atomic mass is 10.1. The summed E-state index contributed by atoms with van der Waals surface area (Å²) in [5.41, 5.74) is 1.37. The normalized spacial score (nSPS) is 16.8. The number of carbonyl (C=O) groups is 3. The van der Waals surface area contributed by atoms with Crippen molar-refractivity contribution >= 4 is 23.4 Å². The number of hydrogen-bond donors (Lipinski definition) is 0. The summed E-state index contributed by atoms with van der Waals surface area (Å²) in [6.45, 7) is 2.18. The van der Waals surface area contributed by atoms with Crippen LogP contribution in [0.1, 0.15) is 31.7 Å². The van der Waals surface area contributed by atoms with Crippen molar-refractivity contribution in [2.45, 2.75) is 38.8 Å². The lowest BCUT2D eigenvalue weighted by molar-refractivity contribution is -0.139. The molecule has 3 rings (SSSR count). The van der Waals surface area contributed by atoms with E-state index in [9.17, 15) is 14.4 Å². The molecule has 2 aromatic rings. The molecule has 6 heteroatoms. The van der Waals surface area contributed by atoms with Gasteiger partial charge in [0.25, 0.3) is 5.91 Å². The smallest absolute Gasteiger partial charge is 0.257 e. The number of rotatable bonds is 6. The highest BCUT2D eigenvalue weighted by molar-refractivity contribution is 6.23. The Balaban J connectivity index is 1.88. The SMILES string of the molecule is CCCC(=O)N(Cc1cccnc1)C1CC(=O)N(c2ccccc2)C1=O. The number of hydrogen-bond acceptors (Lipinski definition) is 4. The molecule has 0 N–H and O–H groups in total. The Hall–Kier alpha value is -3.02. The van der Waals surface area contributed by atoms with E-state index in [-0.39, 0.29) is 30.7 Å². The Morgan fingerprint density at radius 2 is 1.96 bits per heavy atom. The third kappa shape index (κ3) is 3.64. The fraction of sp³-hybridized carbons (Fsp3) is 0.300. The van der Waals surface area contributed by atoms with Gasteiger partial charge >= 0.3 is 0 Å². The molecule has 1 aromatic heterocycles. The summed E-state index contributed by atoms with van der Waals surface area (Å²) >= 11 is 0. The first-order chi connectivity index (χ1) is 12.6. The minimum Gasteiger partial charge on any atom is -0.326 e. The lowest BCUT2D eigenvalue weighted by Gasteiger charge is -2.27. The number of para-hydroxylation sites is 1. The third-order valence-corrected chi connectivity index (χ3v) is 4.37. The van der Waals surface area contributed by atoms with Crippen LogP contribution in [0.2, 0.25) is 0 Å². The van der Waals surface area contributed by atoms with Crippen LogP contribution >= 0.6 is 0 Å². The molecule has 134 valence electrons. The van der Waals surface area contributed by atoms with Gasteiger partial charge in [-0.3, -0.25) is 19.4 Å². The monoisotopic (exact) mass is 351 g/mol. The molecule has 1 fully saturated rings. The van der Waals surface area contributed by atoms with Gasteiger partial charge in [0, 0.05) is 25.4 Å². The Morgan fingerprint density at radius 1 is 1.19 bits per heavy atom. The molecule has 26 heavy (non-hydrogen) atoms. The predicted octanol–water partition coefficient (Wildman–Crippen LogP) is 2.54. The van der Waals surface area contributed by atoms with Crippen molar-refractivity contribution < 1.29 is 14.4 Å². The van der Waals surface area contributed by atoms with E-state index in [1.165, 1.54) is 9.80 Å². The van der Waals surface area contributed by atoms with Gasteiger partial charge in [0.1, 0.15) is 6.04 Å². The molecule has 0 bridgehead atoms. The summed E-state index contributed by atoms with van der Waals surface area (Å²) in [5, 5.41) is 0. The van der Waals surface area contributed by atoms with Gasteiger partial charge < -0.3 is 4.90 Å². The van der Waals surface area contributed by atoms with Crippen molar-refractivity contribution in [3.8, 4) is 0 Å². The average molecular weight is 351 g/mol. The number of nitrogens with zero attached hydrogens (tertiary/aromatic N) is 3. The molecule has 3 amide bonds. The number of anilines is 1. The van der Waals surface area contributed by atoms with Crippen LogP contribution in [0.15, 0.2) is 54.9 Å². The van der Waals surface area contributed by atoms with Crippen molar-refractivity contribution in [1.82, 2.24) is 9.88 Å². The molecule has 1 aliphatic rings. The maximum atomic E-state index is 13.0. The van der Waals surface area contributed by atoms with Gasteiger partial charge in [0.05, 0.1) is 12.1 Å². The van der Waals surface area contributed by atoms with Gasteiger partial charge in [-0.2, -0.15) is 0 Å². The van der Waals surface area contributed by atoms with Crippen molar-refractivity contribution in [2.75, 3.05) is 4.90 Å². The molecule has 0 spiro atoms. The molecule has 1 aliphatic heterocycles. The minimum atomic E-state index is -0.776. The zero-order valence-corrected chi connectivity index (χ0v) is 14.7. The first-order valence-electron chi connectivity index (χ1n) is 8.72. The zero-order valence-electron chi connectivity index (χ0n) is 14.7. The molecule has 1 atom stereocenters. The molecule has 1 saturated heterocycles. The minimum absolute atomic E-state index is 0.00342. The van der Waals surface area contributed by atoms with Crippen LogP contribution in [-0.2, 0) is 20.9 Å². The van der Waals surface area contributed by atoms with E-state index in [4.69, 9.17) is 0 Å². The van der Waals surface area contributed by atoms with Crippen molar-refractivity contribution in [1.29, 1.82) is 0 Å². The number of benzene rings is 1. The Bertz CT molecular complexity index is 792. The maximum Gasteiger partial charge on any atom is 0.257 e. The second-order valence-electron chi connectivity index (χ2n) is 6.26. The van der Waals surface area contributed by atoms with Gasteiger partial charge in [-0.05, 0) is 30.2 Å². The van der Waals surface area contributed by atoms with Gasteiger partial charge in [0.2, 0.25) is 11.8 Å². The standard InChI is InChI=1S/C20H21N3O3/c1-2-7-18(24)22(14-15-8-6-11-21-13-15)17-12-19(25)23(20(17)26)16-9-4-3-5-10-16/h3-6,8-11,13,17H,2,7,12,14H2,1H3. The van der Waals surface area contributed by atoms with Gasteiger partial charge in [-0.15, -0.1) is 0 Å². The second-order valence-corrected chi connectivity index (χ2v) is 6.26. The van der Waals surface area contributed by atoms with E-state index < -0.39 is 6.04 Å². The number of amides is 3. The summed E-state index contributed by atoms with van der Waals surface area (Å²) < 4.78 is 0. The first kappa shape index (κ1) is 17.8. The zero-order chi connectivity index (χ0) is 18.5. The Kier molecular flexibility index (Phi) is 5.41. The highest BCUT2D eigenvalue weighted by atomic mass is 16.2. The largest absolute Gasteiger partial charge is 0.326 e. The fourth-order valence-electron chi connectivity index (χ4n) is 3.13.